The first-order valence-corrected chi connectivity index (χ1v) is 6.67. The Kier molecular flexibility index (Phi) is 8.99. The predicted octanol–water partition coefficient (Wildman–Crippen LogP) is 1.31. The number of anilines is 1. The Bertz CT molecular complexity index is 415. The van der Waals surface area contributed by atoms with E-state index in [1.54, 1.807) is 0 Å². The Morgan fingerprint density at radius 3 is 2.38 bits per heavy atom. The van der Waals surface area contributed by atoms with Crippen molar-refractivity contribution in [3.8, 4) is 0 Å². The van der Waals surface area contributed by atoms with Crippen LogP contribution in [0.4, 0.5) is 14.6 Å². The van der Waals surface area contributed by atoms with E-state index in [9.17, 15) is 8.78 Å². The van der Waals surface area contributed by atoms with E-state index in [1.165, 1.54) is 0 Å². The highest BCUT2D eigenvalue weighted by atomic mass is 35.5. The first-order valence-electron chi connectivity index (χ1n) is 6.29. The van der Waals surface area contributed by atoms with Crippen LogP contribution in [0.1, 0.15) is 12.2 Å². The third kappa shape index (κ3) is 8.66. The van der Waals surface area contributed by atoms with Gasteiger partial charge in [0.05, 0.1) is 26.4 Å². The summed E-state index contributed by atoms with van der Waals surface area (Å²) in [5, 5.41) is 7.53. The summed E-state index contributed by atoms with van der Waals surface area (Å²) in [5.41, 5.74) is 5.50. The van der Waals surface area contributed by atoms with Crippen LogP contribution in [0.5, 0.6) is 0 Å². The van der Waals surface area contributed by atoms with Crippen molar-refractivity contribution in [2.75, 3.05) is 38.8 Å². The molecule has 0 aliphatic rings. The van der Waals surface area contributed by atoms with Gasteiger partial charge in [-0.3, -0.25) is 0 Å². The zero-order valence-electron chi connectivity index (χ0n) is 11.3. The highest BCUT2D eigenvalue weighted by Crippen LogP contribution is 2.10. The average molecular weight is 327 g/mol. The van der Waals surface area contributed by atoms with E-state index >= 15 is 0 Å². The van der Waals surface area contributed by atoms with Gasteiger partial charge in [-0.25, -0.2) is 4.98 Å². The number of nitrogens with two attached hydrogens (primary N) is 1. The molecular formula is C11H17ClF2N4O3. The lowest BCUT2D eigenvalue weighted by Crippen LogP contribution is -2.12. The molecule has 21 heavy (non-hydrogen) atoms. The number of nitrogen functional groups attached to an aromatic ring is 1. The minimum atomic E-state index is -2.76. The number of halogens is 3. The third-order valence-electron chi connectivity index (χ3n) is 2.25. The van der Waals surface area contributed by atoms with Crippen molar-refractivity contribution in [1.82, 2.24) is 15.2 Å². The Morgan fingerprint density at radius 1 is 1.05 bits per heavy atom. The maximum atomic E-state index is 11.6. The van der Waals surface area contributed by atoms with Gasteiger partial charge in [-0.2, -0.15) is 8.78 Å². The van der Waals surface area contributed by atoms with Gasteiger partial charge in [0, 0.05) is 13.0 Å². The van der Waals surface area contributed by atoms with E-state index in [2.05, 4.69) is 19.9 Å². The van der Waals surface area contributed by atoms with Gasteiger partial charge in [0.25, 0.3) is 0 Å². The number of nitrogens with zero attached hydrogens (tertiary/aromatic N) is 3. The summed E-state index contributed by atoms with van der Waals surface area (Å²) in [7, 11) is 0. The van der Waals surface area contributed by atoms with Gasteiger partial charge in [0.15, 0.2) is 16.8 Å². The number of aryl methyl sites for hydroxylation is 1. The molecule has 0 amide bonds. The van der Waals surface area contributed by atoms with Crippen LogP contribution in [0.2, 0.25) is 5.15 Å². The Labute approximate surface area is 125 Å². The maximum Gasteiger partial charge on any atom is 0.345 e. The van der Waals surface area contributed by atoms with Gasteiger partial charge in [-0.05, 0) is 6.42 Å². The largest absolute Gasteiger partial charge is 0.381 e. The first kappa shape index (κ1) is 17.9. The molecule has 0 bridgehead atoms. The van der Waals surface area contributed by atoms with Crippen LogP contribution in [0.25, 0.3) is 0 Å². The maximum absolute atomic E-state index is 11.6. The first-order chi connectivity index (χ1) is 10.1. The molecule has 2 N–H and O–H groups in total. The number of hydrogen-bond donors (Lipinski definition) is 1. The molecule has 7 nitrogen and oxygen atoms in total. The molecule has 1 aromatic rings. The summed E-state index contributed by atoms with van der Waals surface area (Å²) in [4.78, 5) is 3.97. The molecule has 1 aromatic heterocycles. The molecular weight excluding hydrogens is 310 g/mol. The fourth-order valence-corrected chi connectivity index (χ4v) is 1.40. The molecule has 0 aliphatic heterocycles. The van der Waals surface area contributed by atoms with Crippen LogP contribution in [-0.4, -0.2) is 54.8 Å². The number of aromatic nitrogens is 3. The minimum absolute atomic E-state index is 0.0861. The van der Waals surface area contributed by atoms with Crippen molar-refractivity contribution >= 4 is 17.4 Å². The summed E-state index contributed by atoms with van der Waals surface area (Å²) in [6.45, 7) is -1.61. The molecule has 1 heterocycles. The number of rotatable bonds is 11. The molecule has 0 atom stereocenters. The highest BCUT2D eigenvalue weighted by molar-refractivity contribution is 6.31. The van der Waals surface area contributed by atoms with E-state index in [0.29, 0.717) is 38.5 Å². The van der Waals surface area contributed by atoms with Crippen LogP contribution in [0.15, 0.2) is 0 Å². The van der Waals surface area contributed by atoms with E-state index in [1.807, 2.05) is 0 Å². The smallest absolute Gasteiger partial charge is 0.345 e. The van der Waals surface area contributed by atoms with Gasteiger partial charge in [-0.1, -0.05) is 11.6 Å². The molecule has 0 unspecified atom stereocenters. The summed E-state index contributed by atoms with van der Waals surface area (Å²) >= 11 is 5.60. The molecule has 10 heteroatoms. The molecule has 0 aliphatic carbocycles. The third-order valence-corrected chi connectivity index (χ3v) is 2.52. The molecule has 120 valence electrons. The predicted molar refractivity (Wildman–Crippen MR) is 71.2 cm³/mol. The van der Waals surface area contributed by atoms with Crippen molar-refractivity contribution < 1.29 is 23.0 Å². The van der Waals surface area contributed by atoms with Crippen LogP contribution in [-0.2, 0) is 20.6 Å². The lowest BCUT2D eigenvalue weighted by atomic mass is 10.3. The highest BCUT2D eigenvalue weighted by Gasteiger charge is 2.03. The van der Waals surface area contributed by atoms with E-state index in [-0.39, 0.29) is 24.2 Å². The molecule has 0 aromatic carbocycles. The molecule has 0 saturated heterocycles. The van der Waals surface area contributed by atoms with Gasteiger partial charge < -0.3 is 19.9 Å². The fraction of sp³-hybridized carbons (Fsp3) is 0.727. The van der Waals surface area contributed by atoms with E-state index < -0.39 is 6.61 Å². The lowest BCUT2D eigenvalue weighted by Gasteiger charge is -2.06. The topological polar surface area (TPSA) is 92.4 Å². The van der Waals surface area contributed by atoms with Crippen molar-refractivity contribution in [2.24, 2.45) is 0 Å². The Balaban J connectivity index is 1.94. The van der Waals surface area contributed by atoms with Crippen LogP contribution in [0, 0.1) is 0 Å². The van der Waals surface area contributed by atoms with Crippen molar-refractivity contribution in [1.29, 1.82) is 0 Å². The van der Waals surface area contributed by atoms with Crippen LogP contribution < -0.4 is 5.73 Å². The van der Waals surface area contributed by atoms with Crippen LogP contribution in [0.3, 0.4) is 0 Å². The zero-order valence-corrected chi connectivity index (χ0v) is 12.1. The van der Waals surface area contributed by atoms with Crippen molar-refractivity contribution in [3.05, 3.63) is 11.0 Å². The van der Waals surface area contributed by atoms with Crippen molar-refractivity contribution in [2.45, 2.75) is 19.5 Å². The Hall–Kier alpha value is -1.16. The second-order valence-corrected chi connectivity index (χ2v) is 4.22. The SMILES string of the molecule is Nc1nc(CCCOCCOCCOC(F)F)nnc1Cl. The zero-order chi connectivity index (χ0) is 15.5. The normalized spacial score (nSPS) is 11.2. The van der Waals surface area contributed by atoms with Gasteiger partial charge in [0.2, 0.25) is 0 Å². The lowest BCUT2D eigenvalue weighted by molar-refractivity contribution is -0.140. The average Bonchev–Trinajstić information content (AvgIpc) is 2.44. The molecule has 0 saturated carbocycles. The summed E-state index contributed by atoms with van der Waals surface area (Å²) in [6.07, 6.45) is 1.26. The number of hydrogen-bond acceptors (Lipinski definition) is 7. The van der Waals surface area contributed by atoms with Gasteiger partial charge in [0.1, 0.15) is 0 Å². The quantitative estimate of drug-likeness (QED) is 0.613. The van der Waals surface area contributed by atoms with E-state index in [4.69, 9.17) is 26.8 Å². The second kappa shape index (κ2) is 10.6. The van der Waals surface area contributed by atoms with E-state index in [0.717, 1.165) is 0 Å². The Morgan fingerprint density at radius 2 is 1.71 bits per heavy atom. The molecule has 1 rings (SSSR count). The van der Waals surface area contributed by atoms with Crippen molar-refractivity contribution in [3.63, 3.8) is 0 Å². The second-order valence-electron chi connectivity index (χ2n) is 3.86. The number of alkyl halides is 2. The fourth-order valence-electron chi connectivity index (χ4n) is 1.32. The molecule has 0 fully saturated rings. The monoisotopic (exact) mass is 326 g/mol. The number of ether oxygens (including phenoxy) is 3. The summed E-state index contributed by atoms with van der Waals surface area (Å²) < 4.78 is 37.5. The minimum Gasteiger partial charge on any atom is -0.381 e. The standard InChI is InChI=1S/C11H17ClF2N4O3/c12-9-10(15)16-8(17-18-9)2-1-3-19-4-5-20-6-7-21-11(13)14/h11H,1-7H2,(H2,15,16,17). The van der Waals surface area contributed by atoms with Crippen LogP contribution >= 0.6 is 11.6 Å². The molecule has 0 radical (unpaired) electrons. The summed E-state index contributed by atoms with van der Waals surface area (Å²) in [6, 6.07) is 0. The summed E-state index contributed by atoms with van der Waals surface area (Å²) in [5.74, 6) is 0.655. The van der Waals surface area contributed by atoms with Gasteiger partial charge >= 0.3 is 6.61 Å². The van der Waals surface area contributed by atoms with Gasteiger partial charge in [-0.15, -0.1) is 10.2 Å². The molecule has 0 spiro atoms.